The summed E-state index contributed by atoms with van der Waals surface area (Å²) >= 11 is 0. The first kappa shape index (κ1) is 15.2. The molecule has 4 fully saturated rings. The third-order valence-corrected chi connectivity index (χ3v) is 8.24. The number of rotatable bonds is 1. The zero-order valence-electron chi connectivity index (χ0n) is 14.9. The van der Waals surface area contributed by atoms with Gasteiger partial charge in [-0.1, -0.05) is 30.4 Å². The van der Waals surface area contributed by atoms with Crippen LogP contribution in [0.2, 0.25) is 0 Å². The number of nitrogens with zero attached hydrogens (tertiary/aromatic N) is 1. The molecule has 3 aliphatic heterocycles. The minimum atomic E-state index is -0.463. The number of ether oxygens (including phenoxy) is 1. The van der Waals surface area contributed by atoms with Crippen LogP contribution in [0.15, 0.2) is 36.4 Å². The van der Waals surface area contributed by atoms with Gasteiger partial charge in [-0.2, -0.15) is 0 Å². The molecule has 2 N–H and O–H groups in total. The summed E-state index contributed by atoms with van der Waals surface area (Å²) in [4.78, 5) is 15.4. The number of para-hydroxylation sites is 1. The van der Waals surface area contributed by atoms with Crippen molar-refractivity contribution in [2.45, 2.75) is 42.4 Å². The number of carbonyl (C=O) groups is 1. The maximum Gasteiger partial charge on any atom is 0.311 e. The number of fused-ring (bicyclic) bond motifs is 3. The number of esters is 1. The van der Waals surface area contributed by atoms with Crippen LogP contribution in [0.5, 0.6) is 0 Å². The van der Waals surface area contributed by atoms with Gasteiger partial charge in [-0.05, 0) is 37.4 Å². The Bertz CT molecular complexity index is 853. The number of nitrogens with one attached hydrogen (secondary N) is 1. The van der Waals surface area contributed by atoms with Crippen molar-refractivity contribution in [2.75, 3.05) is 25.5 Å². The Morgan fingerprint density at radius 3 is 3.04 bits per heavy atom. The lowest BCUT2D eigenvalue weighted by Crippen LogP contribution is -2.79. The van der Waals surface area contributed by atoms with E-state index in [-0.39, 0.29) is 28.8 Å². The van der Waals surface area contributed by atoms with Crippen LogP contribution in [-0.4, -0.2) is 53.9 Å². The van der Waals surface area contributed by atoms with Gasteiger partial charge in [0.2, 0.25) is 0 Å². The van der Waals surface area contributed by atoms with Crippen LogP contribution in [0.3, 0.4) is 0 Å². The van der Waals surface area contributed by atoms with Gasteiger partial charge < -0.3 is 15.2 Å². The first-order valence-electron chi connectivity index (χ1n) is 9.64. The molecule has 3 saturated carbocycles. The second kappa shape index (κ2) is 4.52. The van der Waals surface area contributed by atoms with Gasteiger partial charge in [0.05, 0.1) is 24.7 Å². The van der Waals surface area contributed by atoms with E-state index < -0.39 is 11.6 Å². The molecule has 3 heterocycles. The number of anilines is 1. The smallest absolute Gasteiger partial charge is 0.311 e. The molecular formula is C21H24N2O3. The molecule has 2 bridgehead atoms. The number of hydrogen-bond donors (Lipinski definition) is 2. The van der Waals surface area contributed by atoms with Crippen molar-refractivity contribution in [1.82, 2.24) is 4.90 Å². The Morgan fingerprint density at radius 1 is 1.35 bits per heavy atom. The van der Waals surface area contributed by atoms with E-state index in [2.05, 4.69) is 46.6 Å². The summed E-state index contributed by atoms with van der Waals surface area (Å²) in [7, 11) is 1.49. The summed E-state index contributed by atoms with van der Waals surface area (Å²) < 4.78 is 5.26. The maximum absolute atomic E-state index is 12.9. The number of hydrogen-bond acceptors (Lipinski definition) is 5. The molecule has 5 nitrogen and oxygen atoms in total. The number of aliphatic hydroxyl groups is 1. The van der Waals surface area contributed by atoms with Crippen molar-refractivity contribution in [1.29, 1.82) is 0 Å². The van der Waals surface area contributed by atoms with Crippen molar-refractivity contribution in [3.05, 3.63) is 42.0 Å². The summed E-state index contributed by atoms with van der Waals surface area (Å²) in [5.41, 5.74) is 1.48. The van der Waals surface area contributed by atoms with E-state index in [1.807, 2.05) is 0 Å². The summed E-state index contributed by atoms with van der Waals surface area (Å²) in [6.45, 7) is 1.94. The summed E-state index contributed by atoms with van der Waals surface area (Å²) in [6, 6.07) is 8.75. The highest BCUT2D eigenvalue weighted by molar-refractivity contribution is 5.81. The van der Waals surface area contributed by atoms with Gasteiger partial charge in [-0.15, -0.1) is 0 Å². The molecule has 0 unspecified atom stereocenters. The van der Waals surface area contributed by atoms with Gasteiger partial charge in [0.15, 0.2) is 0 Å². The van der Waals surface area contributed by atoms with E-state index in [1.54, 1.807) is 0 Å². The zero-order valence-corrected chi connectivity index (χ0v) is 14.9. The molecule has 1 aromatic carbocycles. The van der Waals surface area contributed by atoms with Gasteiger partial charge in [0.1, 0.15) is 0 Å². The zero-order chi connectivity index (χ0) is 17.7. The first-order chi connectivity index (χ1) is 12.6. The van der Waals surface area contributed by atoms with Crippen molar-refractivity contribution in [2.24, 2.45) is 11.3 Å². The van der Waals surface area contributed by atoms with Gasteiger partial charge in [0, 0.05) is 29.1 Å². The molecule has 1 aromatic rings. The van der Waals surface area contributed by atoms with Gasteiger partial charge in [-0.25, -0.2) is 0 Å². The van der Waals surface area contributed by atoms with Crippen molar-refractivity contribution in [3.63, 3.8) is 0 Å². The van der Waals surface area contributed by atoms with Gasteiger partial charge >= 0.3 is 5.97 Å². The van der Waals surface area contributed by atoms with Crippen molar-refractivity contribution in [3.8, 4) is 0 Å². The quantitative estimate of drug-likeness (QED) is 0.595. The van der Waals surface area contributed by atoms with E-state index in [1.165, 1.54) is 12.7 Å². The van der Waals surface area contributed by atoms with Crippen molar-refractivity contribution < 1.29 is 14.6 Å². The number of benzene rings is 1. The fourth-order valence-electron chi connectivity index (χ4n) is 7.55. The standard InChI is InChI=1S/C21H24N2O3/c1-26-17(25)14-11-19-7-4-9-23-10-8-20(18(19)23)13-5-2-3-6-15(13)22-21(14,20)12-16(19)24/h2-7,14,16,18,22,24H,8-12H2,1H3/t14-,16+,18+,19+,20-,21-/m1/s1. The Hall–Kier alpha value is -1.85. The van der Waals surface area contributed by atoms with Crippen LogP contribution in [0.1, 0.15) is 24.8 Å². The van der Waals surface area contributed by atoms with Crippen LogP contribution in [0, 0.1) is 11.3 Å². The first-order valence-corrected chi connectivity index (χ1v) is 9.64. The van der Waals surface area contributed by atoms with Crippen LogP contribution in [0.25, 0.3) is 0 Å². The molecule has 1 saturated heterocycles. The lowest BCUT2D eigenvalue weighted by atomic mass is 9.39. The molecule has 0 aromatic heterocycles. The highest BCUT2D eigenvalue weighted by atomic mass is 16.5. The summed E-state index contributed by atoms with van der Waals surface area (Å²) in [5, 5.41) is 15.0. The molecule has 5 heteroatoms. The molecule has 6 aliphatic rings. The van der Waals surface area contributed by atoms with Crippen molar-refractivity contribution >= 4 is 11.7 Å². The average molecular weight is 352 g/mol. The van der Waals surface area contributed by atoms with E-state index in [4.69, 9.17) is 4.74 Å². The SMILES string of the molecule is COC(=O)[C@H]1C[C@@]23C=CCN4CC[C@@]5(c6ccccc6N[C@]15C[C@@H]2O)[C@@H]43. The Labute approximate surface area is 153 Å². The van der Waals surface area contributed by atoms with Crippen LogP contribution < -0.4 is 5.32 Å². The number of methoxy groups -OCH3 is 1. The van der Waals surface area contributed by atoms with Gasteiger partial charge in [-0.3, -0.25) is 9.69 Å². The molecule has 0 radical (unpaired) electrons. The second-order valence-electron chi connectivity index (χ2n) is 8.78. The average Bonchev–Trinajstić information content (AvgIpc) is 3.19. The third-order valence-electron chi connectivity index (χ3n) is 8.24. The molecule has 0 amide bonds. The molecule has 3 aliphatic carbocycles. The minimum Gasteiger partial charge on any atom is -0.469 e. The summed E-state index contributed by atoms with van der Waals surface area (Å²) in [5.74, 6) is -0.394. The molecule has 26 heavy (non-hydrogen) atoms. The van der Waals surface area contributed by atoms with E-state index in [0.717, 1.165) is 25.2 Å². The highest BCUT2D eigenvalue weighted by Gasteiger charge is 2.80. The lowest BCUT2D eigenvalue weighted by molar-refractivity contribution is -0.181. The molecular weight excluding hydrogens is 328 g/mol. The number of carbonyl (C=O) groups excluding carboxylic acids is 1. The fourth-order valence-corrected chi connectivity index (χ4v) is 7.55. The molecule has 6 atom stereocenters. The van der Waals surface area contributed by atoms with E-state index in [9.17, 15) is 9.90 Å². The van der Waals surface area contributed by atoms with Crippen LogP contribution in [0.4, 0.5) is 5.69 Å². The monoisotopic (exact) mass is 352 g/mol. The predicted molar refractivity (Wildman–Crippen MR) is 96.8 cm³/mol. The highest BCUT2D eigenvalue weighted by Crippen LogP contribution is 2.73. The number of aliphatic hydroxyl groups excluding tert-OH is 1. The maximum atomic E-state index is 12.9. The second-order valence-corrected chi connectivity index (χ2v) is 8.78. The Balaban J connectivity index is 1.69. The van der Waals surface area contributed by atoms with Gasteiger partial charge in [0.25, 0.3) is 0 Å². The van der Waals surface area contributed by atoms with Crippen LogP contribution in [-0.2, 0) is 14.9 Å². The normalized spacial score (nSPS) is 47.1. The largest absolute Gasteiger partial charge is 0.469 e. The Kier molecular flexibility index (Phi) is 2.65. The topological polar surface area (TPSA) is 61.8 Å². The molecule has 7 rings (SSSR count). The fraction of sp³-hybridized carbons (Fsp3) is 0.571. The lowest BCUT2D eigenvalue weighted by Gasteiger charge is -2.69. The Morgan fingerprint density at radius 2 is 2.19 bits per heavy atom. The van der Waals surface area contributed by atoms with E-state index in [0.29, 0.717) is 12.8 Å². The summed E-state index contributed by atoms with van der Waals surface area (Å²) in [6.07, 6.45) is 6.24. The minimum absolute atomic E-state index is 0.146. The van der Waals surface area contributed by atoms with Crippen LogP contribution >= 0.6 is 0 Å². The molecule has 3 spiro atoms. The third kappa shape index (κ3) is 1.34. The van der Waals surface area contributed by atoms with E-state index >= 15 is 0 Å². The predicted octanol–water partition coefficient (Wildman–Crippen LogP) is 1.68. The molecule has 136 valence electrons.